The second kappa shape index (κ2) is 3.92. The molecule has 0 fully saturated rings. The van der Waals surface area contributed by atoms with E-state index in [1.807, 2.05) is 0 Å². The zero-order valence-electron chi connectivity index (χ0n) is 12.1. The standard InChI is InChI=1S/C19H17N/c1-11-12(2)17-10-18-15(9-19(17)20-13(11)3)8-14-6-4-5-7-16(14)18/h4-9H,10H2,1-3H3. The molecule has 98 valence electrons. The molecule has 0 N–H and O–H groups in total. The van der Waals surface area contributed by atoms with E-state index in [-0.39, 0.29) is 0 Å². The van der Waals surface area contributed by atoms with Gasteiger partial charge in [-0.05, 0) is 71.2 Å². The van der Waals surface area contributed by atoms with Crippen LogP contribution in [0, 0.1) is 20.8 Å². The highest BCUT2D eigenvalue weighted by molar-refractivity contribution is 5.92. The van der Waals surface area contributed by atoms with E-state index in [0.717, 1.165) is 17.8 Å². The number of hydrogen-bond acceptors (Lipinski definition) is 1. The molecule has 20 heavy (non-hydrogen) atoms. The van der Waals surface area contributed by atoms with Gasteiger partial charge in [-0.1, -0.05) is 24.3 Å². The third-order valence-electron chi connectivity index (χ3n) is 4.75. The summed E-state index contributed by atoms with van der Waals surface area (Å²) in [6.45, 7) is 6.51. The number of aryl methyl sites for hydroxylation is 1. The molecular weight excluding hydrogens is 242 g/mol. The second-order valence-electron chi connectivity index (χ2n) is 5.80. The van der Waals surface area contributed by atoms with Gasteiger partial charge in [0.2, 0.25) is 0 Å². The van der Waals surface area contributed by atoms with Crippen molar-refractivity contribution in [3.8, 4) is 0 Å². The van der Waals surface area contributed by atoms with Crippen molar-refractivity contribution in [1.82, 2.24) is 4.98 Å². The molecule has 1 aromatic carbocycles. The maximum absolute atomic E-state index is 4.79. The van der Waals surface area contributed by atoms with Crippen molar-refractivity contribution in [2.45, 2.75) is 27.2 Å². The van der Waals surface area contributed by atoms with Crippen LogP contribution in [0.3, 0.4) is 0 Å². The number of hydrogen-bond donors (Lipinski definition) is 0. The van der Waals surface area contributed by atoms with Crippen LogP contribution in [0.2, 0.25) is 0 Å². The molecule has 0 saturated heterocycles. The lowest BCUT2D eigenvalue weighted by Crippen LogP contribution is -2.23. The van der Waals surface area contributed by atoms with E-state index >= 15 is 0 Å². The number of rotatable bonds is 0. The van der Waals surface area contributed by atoms with E-state index in [4.69, 9.17) is 4.98 Å². The molecule has 0 bridgehead atoms. The summed E-state index contributed by atoms with van der Waals surface area (Å²) in [4.78, 5) is 4.79. The number of pyridine rings is 1. The molecule has 4 rings (SSSR count). The molecular formula is C19H17N. The van der Waals surface area contributed by atoms with Gasteiger partial charge in [-0.25, -0.2) is 0 Å². The SMILES string of the molecule is Cc1nc2c(c(C)c1C)CC1=c3ccccc3=CC1=C2. The minimum absolute atomic E-state index is 1.01. The van der Waals surface area contributed by atoms with Gasteiger partial charge in [-0.2, -0.15) is 0 Å². The molecule has 1 nitrogen and oxygen atoms in total. The molecule has 2 aliphatic rings. The minimum atomic E-state index is 1.01. The highest BCUT2D eigenvalue weighted by atomic mass is 14.7. The van der Waals surface area contributed by atoms with Crippen LogP contribution in [-0.2, 0) is 6.42 Å². The maximum atomic E-state index is 4.79. The largest absolute Gasteiger partial charge is 0.253 e. The molecule has 0 saturated carbocycles. The van der Waals surface area contributed by atoms with Crippen LogP contribution >= 0.6 is 0 Å². The van der Waals surface area contributed by atoms with Gasteiger partial charge in [-0.3, -0.25) is 4.98 Å². The van der Waals surface area contributed by atoms with Crippen molar-refractivity contribution in [3.05, 3.63) is 68.4 Å². The summed E-state index contributed by atoms with van der Waals surface area (Å²) >= 11 is 0. The predicted octanol–water partition coefficient (Wildman–Crippen LogP) is 2.59. The van der Waals surface area contributed by atoms with Crippen LogP contribution < -0.4 is 10.4 Å². The molecule has 0 aliphatic heterocycles. The summed E-state index contributed by atoms with van der Waals surface area (Å²) in [6.07, 6.45) is 5.56. The Morgan fingerprint density at radius 2 is 1.75 bits per heavy atom. The van der Waals surface area contributed by atoms with E-state index in [1.165, 1.54) is 38.3 Å². The smallest absolute Gasteiger partial charge is 0.0677 e. The van der Waals surface area contributed by atoms with E-state index in [9.17, 15) is 0 Å². The van der Waals surface area contributed by atoms with Crippen LogP contribution in [0.5, 0.6) is 0 Å². The Labute approximate surface area is 119 Å². The van der Waals surface area contributed by atoms with Gasteiger partial charge in [-0.15, -0.1) is 0 Å². The van der Waals surface area contributed by atoms with Crippen molar-refractivity contribution in [2.24, 2.45) is 0 Å². The normalized spacial score (nSPS) is 15.2. The lowest BCUT2D eigenvalue weighted by Gasteiger charge is -2.20. The van der Waals surface area contributed by atoms with Crippen LogP contribution in [0.25, 0.3) is 17.7 Å². The van der Waals surface area contributed by atoms with Gasteiger partial charge >= 0.3 is 0 Å². The summed E-state index contributed by atoms with van der Waals surface area (Å²) < 4.78 is 0. The summed E-state index contributed by atoms with van der Waals surface area (Å²) in [5, 5.41) is 2.73. The summed E-state index contributed by atoms with van der Waals surface area (Å²) in [5.74, 6) is 0. The van der Waals surface area contributed by atoms with Crippen molar-refractivity contribution < 1.29 is 0 Å². The minimum Gasteiger partial charge on any atom is -0.253 e. The molecule has 0 spiro atoms. The Balaban J connectivity index is 2.05. The first-order chi connectivity index (χ1) is 9.65. The Morgan fingerprint density at radius 3 is 2.60 bits per heavy atom. The van der Waals surface area contributed by atoms with E-state index in [2.05, 4.69) is 57.2 Å². The van der Waals surface area contributed by atoms with E-state index in [0.29, 0.717) is 0 Å². The zero-order valence-corrected chi connectivity index (χ0v) is 12.1. The van der Waals surface area contributed by atoms with Gasteiger partial charge in [0.25, 0.3) is 0 Å². The van der Waals surface area contributed by atoms with Gasteiger partial charge < -0.3 is 0 Å². The highest BCUT2D eigenvalue weighted by Crippen LogP contribution is 2.32. The Hall–Kier alpha value is -2.15. The average molecular weight is 259 g/mol. The quantitative estimate of drug-likeness (QED) is 0.708. The fraction of sp³-hybridized carbons (Fsp3) is 0.211. The Kier molecular flexibility index (Phi) is 2.29. The molecule has 1 heteroatoms. The summed E-state index contributed by atoms with van der Waals surface area (Å²) in [6, 6.07) is 8.67. The van der Waals surface area contributed by atoms with Crippen LogP contribution in [0.4, 0.5) is 0 Å². The molecule has 2 aromatic rings. The van der Waals surface area contributed by atoms with E-state index < -0.39 is 0 Å². The molecule has 1 heterocycles. The molecule has 2 aliphatic carbocycles. The summed E-state index contributed by atoms with van der Waals surface area (Å²) in [5.41, 5.74) is 9.24. The number of allylic oxidation sites excluding steroid dienone is 1. The highest BCUT2D eigenvalue weighted by Gasteiger charge is 2.21. The summed E-state index contributed by atoms with van der Waals surface area (Å²) in [7, 11) is 0. The van der Waals surface area contributed by atoms with Crippen molar-refractivity contribution in [3.63, 3.8) is 0 Å². The third-order valence-corrected chi connectivity index (χ3v) is 4.75. The zero-order chi connectivity index (χ0) is 13.9. The molecule has 0 radical (unpaired) electrons. The number of benzene rings is 1. The average Bonchev–Trinajstić information content (AvgIpc) is 2.81. The molecule has 0 atom stereocenters. The van der Waals surface area contributed by atoms with Crippen molar-refractivity contribution in [2.75, 3.05) is 0 Å². The Morgan fingerprint density at radius 1 is 0.950 bits per heavy atom. The number of nitrogens with zero attached hydrogens (tertiary/aromatic N) is 1. The van der Waals surface area contributed by atoms with Gasteiger partial charge in [0.05, 0.1) is 5.69 Å². The third kappa shape index (κ3) is 1.46. The first-order valence-electron chi connectivity index (χ1n) is 7.14. The first kappa shape index (κ1) is 11.7. The molecule has 0 amide bonds. The van der Waals surface area contributed by atoms with Crippen molar-refractivity contribution >= 4 is 17.7 Å². The van der Waals surface area contributed by atoms with Crippen LogP contribution in [0.15, 0.2) is 29.8 Å². The second-order valence-corrected chi connectivity index (χ2v) is 5.80. The van der Waals surface area contributed by atoms with Crippen LogP contribution in [-0.4, -0.2) is 4.98 Å². The van der Waals surface area contributed by atoms with E-state index in [1.54, 1.807) is 0 Å². The fourth-order valence-corrected chi connectivity index (χ4v) is 3.32. The van der Waals surface area contributed by atoms with Crippen molar-refractivity contribution in [1.29, 1.82) is 0 Å². The predicted molar refractivity (Wildman–Crippen MR) is 83.7 cm³/mol. The lowest BCUT2D eigenvalue weighted by atomic mass is 9.87. The fourth-order valence-electron chi connectivity index (χ4n) is 3.32. The maximum Gasteiger partial charge on any atom is 0.0677 e. The van der Waals surface area contributed by atoms with Gasteiger partial charge in [0, 0.05) is 12.1 Å². The lowest BCUT2D eigenvalue weighted by molar-refractivity contribution is 1.04. The Bertz CT molecular complexity index is 898. The molecule has 1 aromatic heterocycles. The van der Waals surface area contributed by atoms with Gasteiger partial charge in [0.1, 0.15) is 0 Å². The monoisotopic (exact) mass is 259 g/mol. The molecule has 0 unspecified atom stereocenters. The number of fused-ring (bicyclic) bond motifs is 3. The van der Waals surface area contributed by atoms with Gasteiger partial charge in [0.15, 0.2) is 0 Å². The van der Waals surface area contributed by atoms with Crippen LogP contribution in [0.1, 0.15) is 28.1 Å². The first-order valence-corrected chi connectivity index (χ1v) is 7.14. The topological polar surface area (TPSA) is 12.9 Å². The number of aromatic nitrogens is 1.